The van der Waals surface area contributed by atoms with E-state index in [9.17, 15) is 0 Å². The Morgan fingerprint density at radius 1 is 1.13 bits per heavy atom. The Hall–Kier alpha value is -0.0800. The summed E-state index contributed by atoms with van der Waals surface area (Å²) in [5.41, 5.74) is 5.98. The average molecular weight is 214 g/mol. The molecule has 0 aromatic carbocycles. The van der Waals surface area contributed by atoms with Crippen molar-refractivity contribution in [3.8, 4) is 0 Å². The monoisotopic (exact) mass is 214 g/mol. The van der Waals surface area contributed by atoms with Crippen LogP contribution in [-0.2, 0) is 0 Å². The van der Waals surface area contributed by atoms with Gasteiger partial charge in [-0.2, -0.15) is 0 Å². The molecule has 0 aliphatic carbocycles. The Balaban J connectivity index is 3.84. The Kier molecular flexibility index (Phi) is 7.20. The van der Waals surface area contributed by atoms with E-state index in [1.54, 1.807) is 0 Å². The van der Waals surface area contributed by atoms with Crippen molar-refractivity contribution in [2.75, 3.05) is 13.1 Å². The molecule has 2 nitrogen and oxygen atoms in total. The lowest BCUT2D eigenvalue weighted by Gasteiger charge is -2.29. The highest BCUT2D eigenvalue weighted by molar-refractivity contribution is 4.75. The standard InChI is InChI=1S/C13H30N2/c1-6-7-8-10-15(12(2)3)11-9-13(4,5)14/h12H,6-11,14H2,1-5H3. The van der Waals surface area contributed by atoms with Crippen LogP contribution in [0.1, 0.15) is 60.3 Å². The van der Waals surface area contributed by atoms with E-state index in [0.717, 1.165) is 13.0 Å². The Bertz CT molecular complexity index is 147. The number of hydrogen-bond acceptors (Lipinski definition) is 2. The van der Waals surface area contributed by atoms with Crippen molar-refractivity contribution in [2.24, 2.45) is 5.73 Å². The number of hydrogen-bond donors (Lipinski definition) is 1. The number of rotatable bonds is 8. The van der Waals surface area contributed by atoms with E-state index >= 15 is 0 Å². The van der Waals surface area contributed by atoms with Gasteiger partial charge >= 0.3 is 0 Å². The Morgan fingerprint density at radius 2 is 1.73 bits per heavy atom. The fourth-order valence-corrected chi connectivity index (χ4v) is 1.62. The second-order valence-corrected chi connectivity index (χ2v) is 5.58. The van der Waals surface area contributed by atoms with Crippen LogP contribution in [-0.4, -0.2) is 29.6 Å². The van der Waals surface area contributed by atoms with Gasteiger partial charge in [0.05, 0.1) is 0 Å². The first-order chi connectivity index (χ1) is 6.87. The summed E-state index contributed by atoms with van der Waals surface area (Å²) in [7, 11) is 0. The molecule has 0 saturated carbocycles. The summed E-state index contributed by atoms with van der Waals surface area (Å²) in [6, 6.07) is 0.643. The van der Waals surface area contributed by atoms with Crippen molar-refractivity contribution in [1.29, 1.82) is 0 Å². The number of nitrogens with zero attached hydrogens (tertiary/aromatic N) is 1. The molecule has 2 heteroatoms. The molecule has 0 spiro atoms. The predicted molar refractivity (Wildman–Crippen MR) is 69.1 cm³/mol. The summed E-state index contributed by atoms with van der Waals surface area (Å²) in [6.45, 7) is 13.4. The zero-order valence-electron chi connectivity index (χ0n) is 11.3. The average Bonchev–Trinajstić information content (AvgIpc) is 2.08. The van der Waals surface area contributed by atoms with Crippen LogP contribution in [0.25, 0.3) is 0 Å². The van der Waals surface area contributed by atoms with Gasteiger partial charge in [-0.1, -0.05) is 19.8 Å². The molecule has 15 heavy (non-hydrogen) atoms. The molecule has 92 valence electrons. The first-order valence-corrected chi connectivity index (χ1v) is 6.39. The molecule has 0 bridgehead atoms. The van der Waals surface area contributed by atoms with Crippen LogP contribution in [0, 0.1) is 0 Å². The van der Waals surface area contributed by atoms with Crippen LogP contribution in [0.15, 0.2) is 0 Å². The molecule has 0 radical (unpaired) electrons. The second-order valence-electron chi connectivity index (χ2n) is 5.58. The molecule has 2 N–H and O–H groups in total. The smallest absolute Gasteiger partial charge is 0.0109 e. The zero-order valence-corrected chi connectivity index (χ0v) is 11.3. The van der Waals surface area contributed by atoms with Gasteiger partial charge in [0.2, 0.25) is 0 Å². The summed E-state index contributed by atoms with van der Waals surface area (Å²) < 4.78 is 0. The van der Waals surface area contributed by atoms with Crippen LogP contribution in [0.3, 0.4) is 0 Å². The first kappa shape index (κ1) is 14.9. The van der Waals surface area contributed by atoms with Gasteiger partial charge in [0.25, 0.3) is 0 Å². The normalized spacial score (nSPS) is 12.8. The molecular weight excluding hydrogens is 184 g/mol. The highest BCUT2D eigenvalue weighted by Crippen LogP contribution is 2.09. The maximum atomic E-state index is 6.01. The lowest BCUT2D eigenvalue weighted by molar-refractivity contribution is 0.199. The molecule has 0 fully saturated rings. The van der Waals surface area contributed by atoms with Gasteiger partial charge in [0.15, 0.2) is 0 Å². The van der Waals surface area contributed by atoms with Crippen molar-refractivity contribution in [3.63, 3.8) is 0 Å². The van der Waals surface area contributed by atoms with Crippen molar-refractivity contribution in [3.05, 3.63) is 0 Å². The highest BCUT2D eigenvalue weighted by atomic mass is 15.1. The van der Waals surface area contributed by atoms with Gasteiger partial charge in [0.1, 0.15) is 0 Å². The maximum absolute atomic E-state index is 6.01. The quantitative estimate of drug-likeness (QED) is 0.629. The van der Waals surface area contributed by atoms with E-state index in [2.05, 4.69) is 39.5 Å². The molecule has 0 unspecified atom stereocenters. The van der Waals surface area contributed by atoms with Gasteiger partial charge in [-0.05, 0) is 47.1 Å². The highest BCUT2D eigenvalue weighted by Gasteiger charge is 2.15. The molecule has 0 aliphatic rings. The topological polar surface area (TPSA) is 29.3 Å². The summed E-state index contributed by atoms with van der Waals surface area (Å²) in [6.07, 6.45) is 5.04. The van der Waals surface area contributed by atoms with Crippen LogP contribution in [0.2, 0.25) is 0 Å². The Labute approximate surface area is 96.2 Å². The first-order valence-electron chi connectivity index (χ1n) is 6.39. The molecule has 0 aliphatic heterocycles. The molecule has 0 saturated heterocycles. The molecule has 0 atom stereocenters. The van der Waals surface area contributed by atoms with Crippen LogP contribution in [0.4, 0.5) is 0 Å². The van der Waals surface area contributed by atoms with Crippen molar-refractivity contribution in [2.45, 2.75) is 71.9 Å². The van der Waals surface area contributed by atoms with Gasteiger partial charge in [0, 0.05) is 18.1 Å². The van der Waals surface area contributed by atoms with Gasteiger partial charge in [-0.25, -0.2) is 0 Å². The largest absolute Gasteiger partial charge is 0.326 e. The number of unbranched alkanes of at least 4 members (excludes halogenated alkanes) is 2. The maximum Gasteiger partial charge on any atom is 0.0109 e. The van der Waals surface area contributed by atoms with E-state index in [4.69, 9.17) is 5.73 Å². The molecule has 0 aromatic rings. The van der Waals surface area contributed by atoms with Gasteiger partial charge in [-0.15, -0.1) is 0 Å². The minimum Gasteiger partial charge on any atom is -0.326 e. The molecule has 0 rings (SSSR count). The predicted octanol–water partition coefficient (Wildman–Crippen LogP) is 3.01. The molecule has 0 aromatic heterocycles. The van der Waals surface area contributed by atoms with E-state index in [1.807, 2.05) is 0 Å². The third-order valence-corrected chi connectivity index (χ3v) is 2.82. The summed E-state index contributed by atoms with van der Waals surface area (Å²) in [4.78, 5) is 2.55. The summed E-state index contributed by atoms with van der Waals surface area (Å²) >= 11 is 0. The summed E-state index contributed by atoms with van der Waals surface area (Å²) in [5.74, 6) is 0. The van der Waals surface area contributed by atoms with Crippen molar-refractivity contribution in [1.82, 2.24) is 4.90 Å². The second kappa shape index (κ2) is 7.24. The van der Waals surface area contributed by atoms with Crippen molar-refractivity contribution < 1.29 is 0 Å². The zero-order chi connectivity index (χ0) is 11.9. The Morgan fingerprint density at radius 3 is 2.13 bits per heavy atom. The van der Waals surface area contributed by atoms with E-state index in [0.29, 0.717) is 6.04 Å². The summed E-state index contributed by atoms with van der Waals surface area (Å²) in [5, 5.41) is 0. The lowest BCUT2D eigenvalue weighted by atomic mass is 10.0. The fourth-order valence-electron chi connectivity index (χ4n) is 1.62. The van der Waals surface area contributed by atoms with E-state index < -0.39 is 0 Å². The molecule has 0 heterocycles. The lowest BCUT2D eigenvalue weighted by Crippen LogP contribution is -2.40. The minimum atomic E-state index is -0.0299. The van der Waals surface area contributed by atoms with E-state index in [-0.39, 0.29) is 5.54 Å². The third-order valence-electron chi connectivity index (χ3n) is 2.82. The van der Waals surface area contributed by atoms with E-state index in [1.165, 1.54) is 25.8 Å². The van der Waals surface area contributed by atoms with Gasteiger partial charge < -0.3 is 10.6 Å². The SMILES string of the molecule is CCCCCN(CCC(C)(C)N)C(C)C. The van der Waals surface area contributed by atoms with Crippen LogP contribution >= 0.6 is 0 Å². The van der Waals surface area contributed by atoms with Crippen LogP contribution in [0.5, 0.6) is 0 Å². The minimum absolute atomic E-state index is 0.0299. The number of nitrogens with two attached hydrogens (primary N) is 1. The molecule has 0 amide bonds. The molecular formula is C13H30N2. The van der Waals surface area contributed by atoms with Crippen LogP contribution < -0.4 is 5.73 Å². The van der Waals surface area contributed by atoms with Gasteiger partial charge in [-0.3, -0.25) is 0 Å². The third kappa shape index (κ3) is 8.88. The van der Waals surface area contributed by atoms with Crippen molar-refractivity contribution >= 4 is 0 Å². The fraction of sp³-hybridized carbons (Fsp3) is 1.00.